The zero-order valence-electron chi connectivity index (χ0n) is 13.6. The van der Waals surface area contributed by atoms with E-state index >= 15 is 0 Å². The molecule has 0 radical (unpaired) electrons. The molecular weight excluding hydrogens is 204 g/mol. The van der Waals surface area contributed by atoms with Gasteiger partial charge in [-0.1, -0.05) is 55.4 Å². The molecule has 0 aliphatic heterocycles. The van der Waals surface area contributed by atoms with Gasteiger partial charge in [-0.3, -0.25) is 0 Å². The summed E-state index contributed by atoms with van der Waals surface area (Å²) in [5.74, 6) is 5.20. The van der Waals surface area contributed by atoms with Gasteiger partial charge in [0.1, 0.15) is 0 Å². The maximum atomic E-state index is 2.44. The van der Waals surface area contributed by atoms with Gasteiger partial charge in [0.2, 0.25) is 0 Å². The van der Waals surface area contributed by atoms with Crippen LogP contribution in [0, 0.1) is 35.5 Å². The summed E-state index contributed by atoms with van der Waals surface area (Å²) in [5.41, 5.74) is 0. The van der Waals surface area contributed by atoms with Gasteiger partial charge in [-0.2, -0.15) is 0 Å². The quantitative estimate of drug-likeness (QED) is 0.487. The Kier molecular flexibility index (Phi) is 8.16. The maximum absolute atomic E-state index is 2.44. The fraction of sp³-hybridized carbons (Fsp3) is 1.00. The highest BCUT2D eigenvalue weighted by Gasteiger charge is 2.17. The van der Waals surface area contributed by atoms with Crippen LogP contribution in [0.15, 0.2) is 0 Å². The Bertz CT molecular complexity index is 160. The van der Waals surface area contributed by atoms with Gasteiger partial charge in [0.05, 0.1) is 0 Å². The molecule has 0 nitrogen and oxygen atoms in total. The topological polar surface area (TPSA) is 0 Å². The minimum absolute atomic E-state index is 0.836. The van der Waals surface area contributed by atoms with Crippen molar-refractivity contribution in [1.82, 2.24) is 0 Å². The third-order valence-corrected chi connectivity index (χ3v) is 4.63. The molecule has 0 heteroatoms. The van der Waals surface area contributed by atoms with Crippen LogP contribution in [0.4, 0.5) is 0 Å². The van der Waals surface area contributed by atoms with E-state index in [9.17, 15) is 0 Å². The van der Waals surface area contributed by atoms with E-state index in [-0.39, 0.29) is 0 Å². The first-order valence-corrected chi connectivity index (χ1v) is 7.73. The molecule has 0 heterocycles. The first-order valence-electron chi connectivity index (χ1n) is 7.73. The first kappa shape index (κ1) is 17.0. The molecule has 0 aromatic heterocycles. The van der Waals surface area contributed by atoms with Gasteiger partial charge in [0.15, 0.2) is 0 Å². The first-order chi connectivity index (χ1) is 7.73. The molecule has 0 rings (SSSR count). The van der Waals surface area contributed by atoms with Crippen LogP contribution in [0.1, 0.15) is 74.7 Å². The van der Waals surface area contributed by atoms with Gasteiger partial charge in [0, 0.05) is 0 Å². The van der Waals surface area contributed by atoms with Gasteiger partial charge in [-0.05, 0) is 54.8 Å². The fourth-order valence-electron chi connectivity index (χ4n) is 2.69. The summed E-state index contributed by atoms with van der Waals surface area (Å²) in [6.45, 7) is 19.1. The molecular formula is C17H36. The lowest BCUT2D eigenvalue weighted by atomic mass is 9.81. The zero-order valence-corrected chi connectivity index (χ0v) is 13.6. The van der Waals surface area contributed by atoms with Crippen LogP contribution in [-0.4, -0.2) is 0 Å². The van der Waals surface area contributed by atoms with Crippen molar-refractivity contribution in [3.05, 3.63) is 0 Å². The summed E-state index contributed by atoms with van der Waals surface area (Å²) in [6, 6.07) is 0. The van der Waals surface area contributed by atoms with E-state index in [0.29, 0.717) is 0 Å². The molecule has 0 unspecified atom stereocenters. The molecule has 0 bridgehead atoms. The van der Waals surface area contributed by atoms with Crippen LogP contribution in [0.3, 0.4) is 0 Å². The molecule has 0 aromatic carbocycles. The SMILES string of the molecule is CC(C)[C@@H](C)C[C@H](C)C[C@@H](C)C[C@H](C)C(C)C. The van der Waals surface area contributed by atoms with E-state index in [1.165, 1.54) is 19.3 Å². The maximum Gasteiger partial charge on any atom is -0.0417 e. The molecule has 4 atom stereocenters. The third-order valence-electron chi connectivity index (χ3n) is 4.63. The van der Waals surface area contributed by atoms with Gasteiger partial charge < -0.3 is 0 Å². The molecule has 0 fully saturated rings. The summed E-state index contributed by atoms with van der Waals surface area (Å²) in [6.07, 6.45) is 4.21. The summed E-state index contributed by atoms with van der Waals surface area (Å²) in [7, 11) is 0. The molecule has 0 spiro atoms. The van der Waals surface area contributed by atoms with Gasteiger partial charge in [-0.25, -0.2) is 0 Å². The molecule has 0 aromatic rings. The van der Waals surface area contributed by atoms with E-state index < -0.39 is 0 Å². The number of rotatable bonds is 8. The van der Waals surface area contributed by atoms with E-state index in [4.69, 9.17) is 0 Å². The van der Waals surface area contributed by atoms with E-state index in [1.807, 2.05) is 0 Å². The normalized spacial score (nSPS) is 19.4. The van der Waals surface area contributed by atoms with Crippen LogP contribution < -0.4 is 0 Å². The van der Waals surface area contributed by atoms with Gasteiger partial charge in [0.25, 0.3) is 0 Å². The molecule has 104 valence electrons. The Morgan fingerprint density at radius 2 is 0.765 bits per heavy atom. The summed E-state index contributed by atoms with van der Waals surface area (Å²) >= 11 is 0. The largest absolute Gasteiger partial charge is 0.0625 e. The average Bonchev–Trinajstić information content (AvgIpc) is 2.16. The average molecular weight is 240 g/mol. The van der Waals surface area contributed by atoms with Crippen LogP contribution in [0.2, 0.25) is 0 Å². The van der Waals surface area contributed by atoms with Crippen molar-refractivity contribution in [3.8, 4) is 0 Å². The number of hydrogen-bond donors (Lipinski definition) is 0. The summed E-state index contributed by atoms with van der Waals surface area (Å²) < 4.78 is 0. The Morgan fingerprint density at radius 1 is 0.471 bits per heavy atom. The van der Waals surface area contributed by atoms with Crippen LogP contribution >= 0.6 is 0 Å². The molecule has 0 saturated carbocycles. The van der Waals surface area contributed by atoms with Crippen LogP contribution in [0.25, 0.3) is 0 Å². The minimum Gasteiger partial charge on any atom is -0.0625 e. The van der Waals surface area contributed by atoms with Crippen molar-refractivity contribution < 1.29 is 0 Å². The Labute approximate surface area is 111 Å². The van der Waals surface area contributed by atoms with Crippen molar-refractivity contribution in [2.45, 2.75) is 74.7 Å². The van der Waals surface area contributed by atoms with Crippen molar-refractivity contribution in [2.24, 2.45) is 35.5 Å². The Balaban J connectivity index is 3.91. The second-order valence-electron chi connectivity index (χ2n) is 7.36. The van der Waals surface area contributed by atoms with E-state index in [0.717, 1.165) is 35.5 Å². The Hall–Kier alpha value is 0. The molecule has 0 N–H and O–H groups in total. The smallest absolute Gasteiger partial charge is 0.0417 e. The highest BCUT2D eigenvalue weighted by Crippen LogP contribution is 2.28. The lowest BCUT2D eigenvalue weighted by molar-refractivity contribution is 0.259. The predicted molar refractivity (Wildman–Crippen MR) is 80.2 cm³/mol. The predicted octanol–water partition coefficient (Wildman–Crippen LogP) is 6.01. The van der Waals surface area contributed by atoms with Crippen LogP contribution in [0.5, 0.6) is 0 Å². The van der Waals surface area contributed by atoms with E-state index in [2.05, 4.69) is 55.4 Å². The monoisotopic (exact) mass is 240 g/mol. The van der Waals surface area contributed by atoms with Crippen molar-refractivity contribution in [3.63, 3.8) is 0 Å². The summed E-state index contributed by atoms with van der Waals surface area (Å²) in [4.78, 5) is 0. The van der Waals surface area contributed by atoms with Crippen LogP contribution in [-0.2, 0) is 0 Å². The highest BCUT2D eigenvalue weighted by molar-refractivity contribution is 4.68. The second kappa shape index (κ2) is 8.16. The van der Waals surface area contributed by atoms with Crippen molar-refractivity contribution in [1.29, 1.82) is 0 Å². The van der Waals surface area contributed by atoms with E-state index in [1.54, 1.807) is 0 Å². The summed E-state index contributed by atoms with van der Waals surface area (Å²) in [5, 5.41) is 0. The molecule has 0 aliphatic rings. The Morgan fingerprint density at radius 3 is 1.00 bits per heavy atom. The molecule has 0 saturated heterocycles. The van der Waals surface area contributed by atoms with Crippen molar-refractivity contribution >= 4 is 0 Å². The van der Waals surface area contributed by atoms with Crippen molar-refractivity contribution in [2.75, 3.05) is 0 Å². The standard InChI is InChI=1S/C17H36/c1-12(2)16(7)10-14(5)9-15(6)11-17(8)13(3)4/h12-17H,9-11H2,1-8H3/t14-,15-,16+,17+/m1/s1. The second-order valence-corrected chi connectivity index (χ2v) is 7.36. The molecule has 0 amide bonds. The minimum atomic E-state index is 0.836. The third kappa shape index (κ3) is 7.84. The van der Waals surface area contributed by atoms with Gasteiger partial charge >= 0.3 is 0 Å². The fourth-order valence-corrected chi connectivity index (χ4v) is 2.69. The van der Waals surface area contributed by atoms with Gasteiger partial charge in [-0.15, -0.1) is 0 Å². The highest BCUT2D eigenvalue weighted by atomic mass is 14.2. The zero-order chi connectivity index (χ0) is 13.6. The molecule has 0 aliphatic carbocycles. The lowest BCUT2D eigenvalue weighted by Crippen LogP contribution is -2.14. The lowest BCUT2D eigenvalue weighted by Gasteiger charge is -2.25. The molecule has 17 heavy (non-hydrogen) atoms. The number of hydrogen-bond acceptors (Lipinski definition) is 0.